The molecule has 99 valence electrons. The van der Waals surface area contributed by atoms with Crippen molar-refractivity contribution in [2.75, 3.05) is 0 Å². The van der Waals surface area contributed by atoms with Crippen LogP contribution in [0.25, 0.3) is 11.4 Å². The van der Waals surface area contributed by atoms with Crippen LogP contribution in [0.1, 0.15) is 26.3 Å². The summed E-state index contributed by atoms with van der Waals surface area (Å²) < 4.78 is 0. The molecule has 0 unspecified atom stereocenters. The van der Waals surface area contributed by atoms with E-state index in [1.807, 2.05) is 18.5 Å². The summed E-state index contributed by atoms with van der Waals surface area (Å²) >= 11 is 0. The summed E-state index contributed by atoms with van der Waals surface area (Å²) in [6, 6.07) is 8.45. The Morgan fingerprint density at radius 2 is 1.74 bits per heavy atom. The highest BCUT2D eigenvalue weighted by atomic mass is 28.3. The summed E-state index contributed by atoms with van der Waals surface area (Å²) in [5.74, 6) is 0. The van der Waals surface area contributed by atoms with Crippen LogP contribution in [0.3, 0.4) is 0 Å². The Kier molecular flexibility index (Phi) is 3.85. The van der Waals surface area contributed by atoms with E-state index in [1.165, 1.54) is 10.8 Å². The Morgan fingerprint density at radius 1 is 1.00 bits per heavy atom. The van der Waals surface area contributed by atoms with Crippen molar-refractivity contribution in [3.8, 4) is 11.4 Å². The molecule has 0 spiro atoms. The van der Waals surface area contributed by atoms with Crippen LogP contribution in [0.5, 0.6) is 0 Å². The third-order valence-electron chi connectivity index (χ3n) is 3.22. The van der Waals surface area contributed by atoms with E-state index >= 15 is 0 Å². The number of pyridine rings is 2. The zero-order chi connectivity index (χ0) is 14.0. The Hall–Kier alpha value is -1.48. The molecule has 0 fully saturated rings. The average Bonchev–Trinajstić information content (AvgIpc) is 2.38. The van der Waals surface area contributed by atoms with Crippen LogP contribution in [0, 0.1) is 0 Å². The molecule has 0 aliphatic rings. The fraction of sp³-hybridized carbons (Fsp3) is 0.375. The van der Waals surface area contributed by atoms with E-state index in [0.29, 0.717) is 0 Å². The molecule has 19 heavy (non-hydrogen) atoms. The van der Waals surface area contributed by atoms with Crippen molar-refractivity contribution >= 4 is 14.0 Å². The van der Waals surface area contributed by atoms with Crippen LogP contribution in [0.4, 0.5) is 0 Å². The van der Waals surface area contributed by atoms with Gasteiger partial charge in [0, 0.05) is 12.4 Å². The van der Waals surface area contributed by atoms with Gasteiger partial charge in [0.15, 0.2) is 0 Å². The van der Waals surface area contributed by atoms with Gasteiger partial charge in [0.25, 0.3) is 0 Å². The van der Waals surface area contributed by atoms with E-state index in [9.17, 15) is 0 Å². The average molecular weight is 269 g/mol. The van der Waals surface area contributed by atoms with Gasteiger partial charge in [-0.3, -0.25) is 9.97 Å². The van der Waals surface area contributed by atoms with Crippen molar-refractivity contribution in [1.82, 2.24) is 9.97 Å². The number of hydrogen-bond acceptors (Lipinski definition) is 2. The third kappa shape index (κ3) is 3.10. The van der Waals surface area contributed by atoms with Gasteiger partial charge in [0.05, 0.1) is 20.2 Å². The van der Waals surface area contributed by atoms with Crippen LogP contribution >= 0.6 is 0 Å². The molecule has 0 saturated carbocycles. The fourth-order valence-corrected chi connectivity index (χ4v) is 3.09. The lowest BCUT2D eigenvalue weighted by Crippen LogP contribution is -2.26. The van der Waals surface area contributed by atoms with Gasteiger partial charge in [-0.15, -0.1) is 0 Å². The summed E-state index contributed by atoms with van der Waals surface area (Å²) in [6.07, 6.45) is 3.83. The van der Waals surface area contributed by atoms with E-state index in [0.717, 1.165) is 11.4 Å². The van der Waals surface area contributed by atoms with Crippen molar-refractivity contribution < 1.29 is 0 Å². The standard InChI is InChI=1S/C16H21N2Si/c1-16(2,3)12-8-9-13(18-11-12)15-14(19(4)5)7-6-10-17-15/h6-11H,1-5H3. The van der Waals surface area contributed by atoms with Gasteiger partial charge in [0.1, 0.15) is 0 Å². The monoisotopic (exact) mass is 269 g/mol. The quantitative estimate of drug-likeness (QED) is 0.781. The first kappa shape index (κ1) is 13.9. The molecule has 0 aliphatic heterocycles. The van der Waals surface area contributed by atoms with Crippen LogP contribution < -0.4 is 5.19 Å². The largest absolute Gasteiger partial charge is 0.255 e. The van der Waals surface area contributed by atoms with Crippen molar-refractivity contribution in [1.29, 1.82) is 0 Å². The van der Waals surface area contributed by atoms with Crippen LogP contribution in [0.15, 0.2) is 36.7 Å². The SMILES string of the molecule is C[Si](C)c1cccnc1-c1ccc(C(C)(C)C)cn1. The van der Waals surface area contributed by atoms with Gasteiger partial charge in [-0.05, 0) is 28.3 Å². The predicted octanol–water partition coefficient (Wildman–Crippen LogP) is 3.40. The summed E-state index contributed by atoms with van der Waals surface area (Å²) in [5, 5.41) is 1.35. The second-order valence-corrected chi connectivity index (χ2v) is 8.62. The number of rotatable bonds is 2. The lowest BCUT2D eigenvalue weighted by atomic mass is 9.88. The third-order valence-corrected chi connectivity index (χ3v) is 4.70. The molecule has 3 heteroatoms. The Bertz CT molecular complexity index is 554. The lowest BCUT2D eigenvalue weighted by molar-refractivity contribution is 0.587. The minimum absolute atomic E-state index is 0.142. The van der Waals surface area contributed by atoms with Crippen molar-refractivity contribution in [2.45, 2.75) is 39.3 Å². The predicted molar refractivity (Wildman–Crippen MR) is 83.3 cm³/mol. The van der Waals surface area contributed by atoms with Gasteiger partial charge < -0.3 is 0 Å². The van der Waals surface area contributed by atoms with Gasteiger partial charge in [-0.2, -0.15) is 0 Å². The highest BCUT2D eigenvalue weighted by molar-refractivity contribution is 6.72. The van der Waals surface area contributed by atoms with Crippen LogP contribution in [-0.2, 0) is 5.41 Å². The van der Waals surface area contributed by atoms with E-state index in [1.54, 1.807) is 0 Å². The molecule has 2 nitrogen and oxygen atoms in total. The van der Waals surface area contributed by atoms with Crippen molar-refractivity contribution in [2.24, 2.45) is 0 Å². The first-order valence-electron chi connectivity index (χ1n) is 6.62. The Labute approximate surface area is 117 Å². The summed E-state index contributed by atoms with van der Waals surface area (Å²) in [4.78, 5) is 9.14. The van der Waals surface area contributed by atoms with Crippen molar-refractivity contribution in [3.05, 3.63) is 42.2 Å². The van der Waals surface area contributed by atoms with E-state index in [2.05, 4.69) is 62.0 Å². The summed E-state index contributed by atoms with van der Waals surface area (Å²) in [5.41, 5.74) is 3.42. The minimum Gasteiger partial charge on any atom is -0.255 e. The molecule has 2 aromatic rings. The summed E-state index contributed by atoms with van der Waals surface area (Å²) in [7, 11) is -0.530. The minimum atomic E-state index is -0.530. The molecule has 0 bridgehead atoms. The highest BCUT2D eigenvalue weighted by Crippen LogP contribution is 2.23. The van der Waals surface area contributed by atoms with E-state index < -0.39 is 8.80 Å². The molecular formula is C16H21N2Si. The fourth-order valence-electron chi connectivity index (χ4n) is 1.99. The van der Waals surface area contributed by atoms with Gasteiger partial charge in [0.2, 0.25) is 0 Å². The molecule has 2 aromatic heterocycles. The number of nitrogens with zero attached hydrogens (tertiary/aromatic N) is 2. The molecule has 0 amide bonds. The molecule has 0 aromatic carbocycles. The topological polar surface area (TPSA) is 25.8 Å². The second kappa shape index (κ2) is 5.25. The van der Waals surface area contributed by atoms with E-state index in [4.69, 9.17) is 0 Å². The number of hydrogen-bond donors (Lipinski definition) is 0. The first-order valence-corrected chi connectivity index (χ1v) is 9.12. The van der Waals surface area contributed by atoms with Gasteiger partial charge in [-0.1, -0.05) is 46.0 Å². The molecule has 0 atom stereocenters. The molecule has 0 aliphatic carbocycles. The smallest absolute Gasteiger partial charge is 0.0885 e. The summed E-state index contributed by atoms with van der Waals surface area (Å²) in [6.45, 7) is 11.2. The maximum Gasteiger partial charge on any atom is 0.0885 e. The maximum atomic E-state index is 4.61. The van der Waals surface area contributed by atoms with Crippen LogP contribution in [0.2, 0.25) is 13.1 Å². The molecule has 1 radical (unpaired) electrons. The Morgan fingerprint density at radius 3 is 2.26 bits per heavy atom. The molecule has 0 N–H and O–H groups in total. The van der Waals surface area contributed by atoms with Crippen molar-refractivity contribution in [3.63, 3.8) is 0 Å². The lowest BCUT2D eigenvalue weighted by Gasteiger charge is -2.18. The molecule has 2 rings (SSSR count). The van der Waals surface area contributed by atoms with E-state index in [-0.39, 0.29) is 5.41 Å². The van der Waals surface area contributed by atoms with Crippen LogP contribution in [-0.4, -0.2) is 18.8 Å². The molecule has 2 heterocycles. The first-order chi connectivity index (χ1) is 8.89. The number of aromatic nitrogens is 2. The van der Waals surface area contributed by atoms with Gasteiger partial charge >= 0.3 is 0 Å². The zero-order valence-corrected chi connectivity index (χ0v) is 13.4. The normalized spacial score (nSPS) is 11.9. The molecule has 0 saturated heterocycles. The maximum absolute atomic E-state index is 4.61. The molecular weight excluding hydrogens is 248 g/mol. The zero-order valence-electron chi connectivity index (χ0n) is 12.4. The second-order valence-electron chi connectivity index (χ2n) is 6.08. The Balaban J connectivity index is 2.43. The highest BCUT2D eigenvalue weighted by Gasteiger charge is 2.15. The van der Waals surface area contributed by atoms with Gasteiger partial charge in [-0.25, -0.2) is 0 Å².